The van der Waals surface area contributed by atoms with Crippen molar-refractivity contribution < 1.29 is 13.9 Å². The number of fused-ring (bicyclic) bond motifs is 2. The maximum Gasteiger partial charge on any atom is 0.226 e. The second kappa shape index (κ2) is 7.31. The molecule has 5 heterocycles. The number of ether oxygens (including phenoxy) is 1. The molecule has 29 heavy (non-hydrogen) atoms. The van der Waals surface area contributed by atoms with E-state index in [9.17, 15) is 9.18 Å². The van der Waals surface area contributed by atoms with Crippen LogP contribution in [0, 0.1) is 11.7 Å². The molecule has 0 atom stereocenters. The fraction of sp³-hybridized carbons (Fsp3) is 0.400. The molecule has 5 rings (SSSR count). The summed E-state index contributed by atoms with van der Waals surface area (Å²) in [5, 5.41) is 4.10. The fourth-order valence-corrected chi connectivity index (χ4v) is 4.12. The molecule has 3 aromatic heterocycles. The summed E-state index contributed by atoms with van der Waals surface area (Å²) in [5.41, 5.74) is 1.16. The number of hydrogen-bond donors (Lipinski definition) is 0. The molecular formula is C20H21FN6O2. The zero-order valence-electron chi connectivity index (χ0n) is 15.9. The van der Waals surface area contributed by atoms with Crippen LogP contribution in [-0.4, -0.2) is 56.6 Å². The molecule has 3 aromatic rings. The SMILES string of the molecule is O=C(C1CCN(c2ccnc3c(F)cnn23)CC1)N1CCOc2ccncc2C1. The topological polar surface area (TPSA) is 75.9 Å². The lowest BCUT2D eigenvalue weighted by Crippen LogP contribution is -2.43. The Balaban J connectivity index is 1.27. The van der Waals surface area contributed by atoms with Crippen molar-refractivity contribution in [1.82, 2.24) is 24.5 Å². The minimum Gasteiger partial charge on any atom is -0.491 e. The van der Waals surface area contributed by atoms with Crippen molar-refractivity contribution in [2.24, 2.45) is 5.92 Å². The van der Waals surface area contributed by atoms with Crippen LogP contribution in [0.5, 0.6) is 5.75 Å². The van der Waals surface area contributed by atoms with E-state index in [0.29, 0.717) is 32.8 Å². The first-order chi connectivity index (χ1) is 14.2. The van der Waals surface area contributed by atoms with Gasteiger partial charge in [-0.3, -0.25) is 9.78 Å². The van der Waals surface area contributed by atoms with Crippen LogP contribution in [0.15, 0.2) is 36.9 Å². The lowest BCUT2D eigenvalue weighted by Gasteiger charge is -2.34. The third kappa shape index (κ3) is 3.26. The molecule has 1 fully saturated rings. The number of hydrogen-bond acceptors (Lipinski definition) is 6. The van der Waals surface area contributed by atoms with Gasteiger partial charge in [0.2, 0.25) is 5.91 Å². The minimum atomic E-state index is -0.435. The van der Waals surface area contributed by atoms with E-state index in [1.165, 1.54) is 10.7 Å². The third-order valence-corrected chi connectivity index (χ3v) is 5.66. The average Bonchev–Trinajstić information content (AvgIpc) is 3.01. The van der Waals surface area contributed by atoms with E-state index in [1.807, 2.05) is 17.0 Å². The van der Waals surface area contributed by atoms with Gasteiger partial charge in [-0.25, -0.2) is 9.37 Å². The van der Waals surface area contributed by atoms with Crippen LogP contribution in [0.3, 0.4) is 0 Å². The Morgan fingerprint density at radius 1 is 1.14 bits per heavy atom. The van der Waals surface area contributed by atoms with E-state index in [4.69, 9.17) is 4.74 Å². The van der Waals surface area contributed by atoms with Gasteiger partial charge in [0.05, 0.1) is 19.3 Å². The van der Waals surface area contributed by atoms with Crippen LogP contribution in [0.1, 0.15) is 18.4 Å². The molecule has 2 aliphatic rings. The van der Waals surface area contributed by atoms with E-state index in [0.717, 1.165) is 30.0 Å². The van der Waals surface area contributed by atoms with Crippen molar-refractivity contribution in [1.29, 1.82) is 0 Å². The lowest BCUT2D eigenvalue weighted by molar-refractivity contribution is -0.137. The number of carbonyl (C=O) groups is 1. The smallest absolute Gasteiger partial charge is 0.226 e. The molecule has 9 heteroatoms. The van der Waals surface area contributed by atoms with E-state index in [2.05, 4.69) is 20.0 Å². The first-order valence-corrected chi connectivity index (χ1v) is 9.78. The number of halogens is 1. The molecule has 0 bridgehead atoms. The maximum absolute atomic E-state index is 13.8. The second-order valence-corrected chi connectivity index (χ2v) is 7.38. The van der Waals surface area contributed by atoms with Crippen molar-refractivity contribution in [3.8, 4) is 5.75 Å². The Hall–Kier alpha value is -3.23. The van der Waals surface area contributed by atoms with Gasteiger partial charge >= 0.3 is 0 Å². The molecular weight excluding hydrogens is 375 g/mol. The number of carbonyl (C=O) groups excluding carboxylic acids is 1. The molecule has 0 N–H and O–H groups in total. The van der Waals surface area contributed by atoms with Gasteiger partial charge in [-0.15, -0.1) is 0 Å². The first-order valence-electron chi connectivity index (χ1n) is 9.78. The van der Waals surface area contributed by atoms with Gasteiger partial charge in [-0.2, -0.15) is 9.61 Å². The molecule has 1 amide bonds. The summed E-state index contributed by atoms with van der Waals surface area (Å²) in [6.07, 6.45) is 7.72. The number of rotatable bonds is 2. The zero-order valence-corrected chi connectivity index (χ0v) is 15.9. The van der Waals surface area contributed by atoms with Crippen molar-refractivity contribution in [3.63, 3.8) is 0 Å². The highest BCUT2D eigenvalue weighted by atomic mass is 19.1. The highest BCUT2D eigenvalue weighted by Crippen LogP contribution is 2.27. The Morgan fingerprint density at radius 3 is 2.86 bits per heavy atom. The Labute approximate surface area is 166 Å². The predicted molar refractivity (Wildman–Crippen MR) is 103 cm³/mol. The number of amides is 1. The highest BCUT2D eigenvalue weighted by molar-refractivity contribution is 5.79. The van der Waals surface area contributed by atoms with Crippen molar-refractivity contribution in [2.45, 2.75) is 19.4 Å². The van der Waals surface area contributed by atoms with Gasteiger partial charge in [-0.1, -0.05) is 0 Å². The molecule has 0 aliphatic carbocycles. The molecule has 0 saturated carbocycles. The van der Waals surface area contributed by atoms with Crippen molar-refractivity contribution in [3.05, 3.63) is 48.3 Å². The molecule has 150 valence electrons. The third-order valence-electron chi connectivity index (χ3n) is 5.66. The van der Waals surface area contributed by atoms with Crippen LogP contribution in [0.25, 0.3) is 5.65 Å². The van der Waals surface area contributed by atoms with Crippen LogP contribution >= 0.6 is 0 Å². The monoisotopic (exact) mass is 396 g/mol. The predicted octanol–water partition coefficient (Wildman–Crippen LogP) is 1.90. The minimum absolute atomic E-state index is 0.0313. The van der Waals surface area contributed by atoms with Gasteiger partial charge in [-0.05, 0) is 25.0 Å². The molecule has 8 nitrogen and oxygen atoms in total. The first kappa shape index (κ1) is 17.8. The zero-order chi connectivity index (χ0) is 19.8. The summed E-state index contributed by atoms with van der Waals surface area (Å²) < 4.78 is 21.0. The molecule has 0 unspecified atom stereocenters. The van der Waals surface area contributed by atoms with Crippen LogP contribution in [-0.2, 0) is 11.3 Å². The summed E-state index contributed by atoms with van der Waals surface area (Å²) in [6, 6.07) is 3.67. The number of pyridine rings is 1. The van der Waals surface area contributed by atoms with Gasteiger partial charge in [0.25, 0.3) is 0 Å². The molecule has 2 aliphatic heterocycles. The number of aromatic nitrogens is 4. The number of nitrogens with zero attached hydrogens (tertiary/aromatic N) is 6. The normalized spacial score (nSPS) is 17.7. The summed E-state index contributed by atoms with van der Waals surface area (Å²) in [4.78, 5) is 25.3. The van der Waals surface area contributed by atoms with Gasteiger partial charge < -0.3 is 14.5 Å². The molecule has 0 radical (unpaired) electrons. The largest absolute Gasteiger partial charge is 0.491 e. The summed E-state index contributed by atoms with van der Waals surface area (Å²) in [7, 11) is 0. The van der Waals surface area contributed by atoms with E-state index in [1.54, 1.807) is 18.6 Å². The fourth-order valence-electron chi connectivity index (χ4n) is 4.12. The maximum atomic E-state index is 13.8. The number of anilines is 1. The molecule has 0 spiro atoms. The highest BCUT2D eigenvalue weighted by Gasteiger charge is 2.31. The van der Waals surface area contributed by atoms with Crippen LogP contribution in [0.4, 0.5) is 10.2 Å². The Bertz CT molecular complexity index is 1050. The summed E-state index contributed by atoms with van der Waals surface area (Å²) in [6.45, 7) is 3.01. The Morgan fingerprint density at radius 2 is 2.00 bits per heavy atom. The van der Waals surface area contributed by atoms with Crippen LogP contribution < -0.4 is 9.64 Å². The molecule has 1 saturated heterocycles. The van der Waals surface area contributed by atoms with E-state index in [-0.39, 0.29) is 17.5 Å². The second-order valence-electron chi connectivity index (χ2n) is 7.38. The van der Waals surface area contributed by atoms with Crippen molar-refractivity contribution in [2.75, 3.05) is 31.1 Å². The standard InChI is InChI=1S/C20H21FN6O2/c21-16-12-24-27-18(2-6-23-19(16)27)25-7-3-14(4-8-25)20(28)26-9-10-29-17-1-5-22-11-15(17)13-26/h1-2,5-6,11-12,14H,3-4,7-10,13H2. The molecule has 0 aromatic carbocycles. The van der Waals surface area contributed by atoms with Crippen molar-refractivity contribution >= 4 is 17.4 Å². The van der Waals surface area contributed by atoms with E-state index >= 15 is 0 Å². The van der Waals surface area contributed by atoms with E-state index < -0.39 is 5.82 Å². The average molecular weight is 396 g/mol. The quantitative estimate of drug-likeness (QED) is 0.659. The lowest BCUT2D eigenvalue weighted by atomic mass is 9.95. The van der Waals surface area contributed by atoms with Gasteiger partial charge in [0.1, 0.15) is 18.2 Å². The summed E-state index contributed by atoms with van der Waals surface area (Å²) in [5.74, 6) is 1.30. The number of piperidine rings is 1. The summed E-state index contributed by atoms with van der Waals surface area (Å²) >= 11 is 0. The van der Waals surface area contributed by atoms with Gasteiger partial charge in [0, 0.05) is 43.2 Å². The van der Waals surface area contributed by atoms with Gasteiger partial charge in [0.15, 0.2) is 11.5 Å². The Kier molecular flexibility index (Phi) is 4.49. The van der Waals surface area contributed by atoms with Crippen LogP contribution in [0.2, 0.25) is 0 Å².